The summed E-state index contributed by atoms with van der Waals surface area (Å²) in [6.07, 6.45) is 5.36. The van der Waals surface area contributed by atoms with Crippen LogP contribution in [0.25, 0.3) is 0 Å². The summed E-state index contributed by atoms with van der Waals surface area (Å²) in [5.74, 6) is 1.20. The van der Waals surface area contributed by atoms with Crippen LogP contribution in [-0.2, 0) is 23.2 Å². The van der Waals surface area contributed by atoms with Gasteiger partial charge in [-0.15, -0.1) is 0 Å². The van der Waals surface area contributed by atoms with Crippen LogP contribution in [0.2, 0.25) is 0 Å². The number of hydrogen-bond donors (Lipinski definition) is 2. The van der Waals surface area contributed by atoms with Crippen LogP contribution in [0.15, 0.2) is 48.5 Å². The lowest BCUT2D eigenvalue weighted by atomic mass is 9.43. The van der Waals surface area contributed by atoms with Gasteiger partial charge in [-0.05, 0) is 72.9 Å². The molecule has 5 aliphatic rings. The Bertz CT molecular complexity index is 1120. The Kier molecular flexibility index (Phi) is 4.15. The van der Waals surface area contributed by atoms with Crippen molar-refractivity contribution in [1.29, 1.82) is 0 Å². The number of carbonyl (C=O) groups is 1. The second-order valence-corrected chi connectivity index (χ2v) is 11.2. The van der Waals surface area contributed by atoms with Crippen LogP contribution in [0.3, 0.4) is 0 Å². The summed E-state index contributed by atoms with van der Waals surface area (Å²) in [5, 5.41) is 10.5. The lowest BCUT2D eigenvalue weighted by molar-refractivity contribution is -0.138. The molecule has 3 N–H and O–H groups in total. The Morgan fingerprint density at radius 1 is 1.12 bits per heavy atom. The third kappa shape index (κ3) is 2.37. The molecule has 2 aromatic rings. The van der Waals surface area contributed by atoms with Gasteiger partial charge in [0.15, 0.2) is 0 Å². The quantitative estimate of drug-likeness (QED) is 0.762. The molecule has 4 fully saturated rings. The highest BCUT2D eigenvalue weighted by atomic mass is 16.3. The number of phenols is 1. The maximum atomic E-state index is 13.9. The van der Waals surface area contributed by atoms with Crippen LogP contribution in [0, 0.1) is 17.3 Å². The highest BCUT2D eigenvalue weighted by molar-refractivity contribution is 5.84. The van der Waals surface area contributed by atoms with Crippen molar-refractivity contribution < 1.29 is 9.90 Å². The molecule has 0 radical (unpaired) electrons. The number of phenolic OH excluding ortho intramolecular Hbond substituents is 1. The van der Waals surface area contributed by atoms with Gasteiger partial charge in [0.1, 0.15) is 5.75 Å². The highest BCUT2D eigenvalue weighted by Crippen LogP contribution is 2.75. The van der Waals surface area contributed by atoms with Crippen molar-refractivity contribution in [3.8, 4) is 5.75 Å². The molecule has 2 aliphatic heterocycles. The number of fused-ring (bicyclic) bond motifs is 1. The second kappa shape index (κ2) is 6.83. The Balaban J connectivity index is 1.38. The fourth-order valence-electron chi connectivity index (χ4n) is 9.37. The molecule has 0 aromatic heterocycles. The maximum absolute atomic E-state index is 13.9. The molecule has 0 spiro atoms. The van der Waals surface area contributed by atoms with Crippen molar-refractivity contribution in [3.05, 3.63) is 65.2 Å². The van der Waals surface area contributed by atoms with Gasteiger partial charge in [-0.25, -0.2) is 0 Å². The van der Waals surface area contributed by atoms with Crippen molar-refractivity contribution in [3.63, 3.8) is 0 Å². The van der Waals surface area contributed by atoms with Crippen molar-refractivity contribution in [1.82, 2.24) is 9.80 Å². The van der Waals surface area contributed by atoms with E-state index in [2.05, 4.69) is 46.2 Å². The number of rotatable bonds is 4. The van der Waals surface area contributed by atoms with E-state index in [1.54, 1.807) is 0 Å². The Labute approximate surface area is 195 Å². The van der Waals surface area contributed by atoms with Crippen molar-refractivity contribution >= 4 is 5.91 Å². The first-order chi connectivity index (χ1) is 16.1. The molecule has 2 saturated heterocycles. The molecule has 2 saturated carbocycles. The van der Waals surface area contributed by atoms with E-state index in [0.717, 1.165) is 45.3 Å². The molecule has 5 unspecified atom stereocenters. The fourth-order valence-corrected chi connectivity index (χ4v) is 9.37. The zero-order chi connectivity index (χ0) is 22.4. The van der Waals surface area contributed by atoms with Gasteiger partial charge in [-0.1, -0.05) is 36.4 Å². The summed E-state index contributed by atoms with van der Waals surface area (Å²) >= 11 is 0. The number of hydrogen-bond acceptors (Lipinski definition) is 4. The van der Waals surface area contributed by atoms with E-state index < -0.39 is 0 Å². The van der Waals surface area contributed by atoms with E-state index in [9.17, 15) is 9.90 Å². The van der Waals surface area contributed by atoms with Gasteiger partial charge in [0, 0.05) is 49.0 Å². The lowest BCUT2D eigenvalue weighted by Crippen LogP contribution is -2.70. The average Bonchev–Trinajstić information content (AvgIpc) is 3.20. The zero-order valence-corrected chi connectivity index (χ0v) is 19.1. The van der Waals surface area contributed by atoms with Crippen LogP contribution >= 0.6 is 0 Å². The third-order valence-corrected chi connectivity index (χ3v) is 10.2. The molecule has 172 valence electrons. The molecule has 5 heteroatoms. The van der Waals surface area contributed by atoms with Crippen molar-refractivity contribution in [2.24, 2.45) is 23.0 Å². The number of carbonyl (C=O) groups excluding carboxylic acids is 1. The van der Waals surface area contributed by atoms with E-state index in [1.807, 2.05) is 12.1 Å². The first-order valence-corrected chi connectivity index (χ1v) is 12.7. The van der Waals surface area contributed by atoms with Gasteiger partial charge < -0.3 is 15.7 Å². The van der Waals surface area contributed by atoms with Gasteiger partial charge in [0.25, 0.3) is 0 Å². The van der Waals surface area contributed by atoms with E-state index in [1.165, 1.54) is 23.1 Å². The normalized spacial score (nSPS) is 38.3. The minimum atomic E-state index is -0.0101. The van der Waals surface area contributed by atoms with E-state index in [0.29, 0.717) is 36.2 Å². The molecule has 3 aliphatic carbocycles. The molecule has 7 rings (SSSR count). The van der Waals surface area contributed by atoms with Crippen LogP contribution in [0.4, 0.5) is 0 Å². The molecule has 2 aromatic carbocycles. The van der Waals surface area contributed by atoms with Crippen LogP contribution in [0.5, 0.6) is 5.75 Å². The number of aromatic hydroxyl groups is 1. The van der Waals surface area contributed by atoms with Gasteiger partial charge in [-0.2, -0.15) is 0 Å². The van der Waals surface area contributed by atoms with E-state index in [4.69, 9.17) is 5.73 Å². The fraction of sp³-hybridized carbons (Fsp3) is 0.536. The summed E-state index contributed by atoms with van der Waals surface area (Å²) < 4.78 is 0. The predicted molar refractivity (Wildman–Crippen MR) is 127 cm³/mol. The molecular weight excluding hydrogens is 410 g/mol. The monoisotopic (exact) mass is 443 g/mol. The minimum Gasteiger partial charge on any atom is -0.508 e. The molecule has 1 amide bonds. The Morgan fingerprint density at radius 2 is 1.97 bits per heavy atom. The SMILES string of the molecule is NCCN1CCC23c4cc(O)ccc4CC1C21CCC2C3[C@H](C1)C(=O)N2Cc1ccccc1. The third-order valence-electron chi connectivity index (χ3n) is 10.2. The predicted octanol–water partition coefficient (Wildman–Crippen LogP) is 3.05. The van der Waals surface area contributed by atoms with Gasteiger partial charge in [-0.3, -0.25) is 9.69 Å². The molecule has 6 atom stereocenters. The van der Waals surface area contributed by atoms with Gasteiger partial charge in [0.2, 0.25) is 5.91 Å². The number of amides is 1. The number of benzene rings is 2. The number of piperidine rings is 1. The maximum Gasteiger partial charge on any atom is 0.226 e. The molecule has 33 heavy (non-hydrogen) atoms. The standard InChI is InChI=1S/C28H33N3O2/c29-11-13-30-12-10-28-22-15-20(32)7-6-19(22)14-24(30)27(28)9-8-23-25(28)21(16-27)26(33)31(23)17-18-4-2-1-3-5-18/h1-7,15,21,23-25,32H,8-14,16-17,29H2/t21-,23?,24?,25?,27?,28?/m0/s1. The largest absolute Gasteiger partial charge is 0.508 e. The van der Waals surface area contributed by atoms with E-state index >= 15 is 0 Å². The summed E-state index contributed by atoms with van der Waals surface area (Å²) in [6, 6.07) is 17.3. The molecule has 4 bridgehead atoms. The lowest BCUT2D eigenvalue weighted by Gasteiger charge is -2.66. The van der Waals surface area contributed by atoms with Crippen LogP contribution < -0.4 is 5.73 Å². The first kappa shape index (κ1) is 20.0. The summed E-state index contributed by atoms with van der Waals surface area (Å²) in [6.45, 7) is 3.38. The molecular formula is C28H33N3O2. The second-order valence-electron chi connectivity index (χ2n) is 11.2. The van der Waals surface area contributed by atoms with Gasteiger partial charge >= 0.3 is 0 Å². The van der Waals surface area contributed by atoms with E-state index in [-0.39, 0.29) is 16.7 Å². The summed E-state index contributed by atoms with van der Waals surface area (Å²) in [7, 11) is 0. The number of likely N-dealkylation sites (tertiary alicyclic amines) is 2. The number of nitrogens with zero attached hydrogens (tertiary/aromatic N) is 2. The Hall–Kier alpha value is -2.37. The average molecular weight is 444 g/mol. The zero-order valence-electron chi connectivity index (χ0n) is 19.1. The number of nitrogens with two attached hydrogens (primary N) is 1. The minimum absolute atomic E-state index is 0.0101. The topological polar surface area (TPSA) is 69.8 Å². The smallest absolute Gasteiger partial charge is 0.226 e. The molecule has 2 heterocycles. The van der Waals surface area contributed by atoms with Crippen molar-refractivity contribution in [2.75, 3.05) is 19.6 Å². The Morgan fingerprint density at radius 3 is 2.79 bits per heavy atom. The summed E-state index contributed by atoms with van der Waals surface area (Å²) in [5.41, 5.74) is 10.1. The van der Waals surface area contributed by atoms with Crippen molar-refractivity contribution in [2.45, 2.75) is 56.1 Å². The first-order valence-electron chi connectivity index (χ1n) is 12.7. The highest BCUT2D eigenvalue weighted by Gasteiger charge is 2.77. The van der Waals surface area contributed by atoms with Crippen LogP contribution in [0.1, 0.15) is 42.4 Å². The van der Waals surface area contributed by atoms with Crippen LogP contribution in [-0.4, -0.2) is 52.5 Å². The molecule has 5 nitrogen and oxygen atoms in total. The summed E-state index contributed by atoms with van der Waals surface area (Å²) in [4.78, 5) is 18.8. The van der Waals surface area contributed by atoms with Gasteiger partial charge in [0.05, 0.1) is 0 Å².